The SMILES string of the molecule is O=C(Cl)C12CCC(C(=O)CC3c4ccccc4-c4cncn43)(CC1)CC2. The van der Waals surface area contributed by atoms with Crippen LogP contribution in [0.15, 0.2) is 36.8 Å². The van der Waals surface area contributed by atoms with E-state index in [1.165, 1.54) is 11.1 Å². The molecule has 3 aliphatic carbocycles. The molecule has 0 radical (unpaired) electrons. The summed E-state index contributed by atoms with van der Waals surface area (Å²) in [6.07, 6.45) is 8.91. The van der Waals surface area contributed by atoms with Gasteiger partial charge < -0.3 is 4.57 Å². The molecular formula is C21H21ClN2O2. The Labute approximate surface area is 157 Å². The van der Waals surface area contributed by atoms with Crippen molar-refractivity contribution < 1.29 is 9.59 Å². The number of aromatic nitrogens is 2. The Morgan fingerprint density at radius 3 is 2.42 bits per heavy atom. The molecule has 0 amide bonds. The lowest BCUT2D eigenvalue weighted by molar-refractivity contribution is -0.144. The molecule has 26 heavy (non-hydrogen) atoms. The van der Waals surface area contributed by atoms with Gasteiger partial charge in [-0.05, 0) is 55.7 Å². The topological polar surface area (TPSA) is 52.0 Å². The molecule has 6 rings (SSSR count). The average Bonchev–Trinajstić information content (AvgIpc) is 3.26. The number of imidazole rings is 1. The summed E-state index contributed by atoms with van der Waals surface area (Å²) in [6.45, 7) is 0. The summed E-state index contributed by atoms with van der Waals surface area (Å²) >= 11 is 5.87. The van der Waals surface area contributed by atoms with E-state index >= 15 is 0 Å². The molecule has 0 N–H and O–H groups in total. The highest BCUT2D eigenvalue weighted by Gasteiger charge is 2.55. The molecule has 2 heterocycles. The summed E-state index contributed by atoms with van der Waals surface area (Å²) in [6, 6.07) is 8.33. The van der Waals surface area contributed by atoms with Crippen LogP contribution in [0.2, 0.25) is 0 Å². The van der Waals surface area contributed by atoms with E-state index in [2.05, 4.69) is 21.7 Å². The summed E-state index contributed by atoms with van der Waals surface area (Å²) in [5.74, 6) is 0.342. The molecule has 1 atom stereocenters. The largest absolute Gasteiger partial charge is 0.323 e. The maximum atomic E-state index is 13.4. The van der Waals surface area contributed by atoms with Gasteiger partial charge in [0.25, 0.3) is 0 Å². The molecule has 0 spiro atoms. The Bertz CT molecular complexity index is 892. The van der Waals surface area contributed by atoms with Crippen molar-refractivity contribution >= 4 is 22.6 Å². The molecule has 2 aromatic rings. The first-order chi connectivity index (χ1) is 12.5. The number of carbonyl (C=O) groups excluding carboxylic acids is 2. The quantitative estimate of drug-likeness (QED) is 0.745. The van der Waals surface area contributed by atoms with Gasteiger partial charge in [0.2, 0.25) is 5.24 Å². The van der Waals surface area contributed by atoms with Crippen molar-refractivity contribution in [3.63, 3.8) is 0 Å². The van der Waals surface area contributed by atoms with Crippen molar-refractivity contribution in [3.8, 4) is 11.3 Å². The predicted molar refractivity (Wildman–Crippen MR) is 98.9 cm³/mol. The van der Waals surface area contributed by atoms with Crippen LogP contribution >= 0.6 is 11.6 Å². The van der Waals surface area contributed by atoms with Gasteiger partial charge in [-0.25, -0.2) is 4.98 Å². The van der Waals surface area contributed by atoms with Crippen LogP contribution in [0.1, 0.15) is 56.6 Å². The highest BCUT2D eigenvalue weighted by atomic mass is 35.5. The zero-order chi connectivity index (χ0) is 17.9. The lowest BCUT2D eigenvalue weighted by atomic mass is 9.52. The lowest BCUT2D eigenvalue weighted by Crippen LogP contribution is -2.48. The number of ketones is 1. The van der Waals surface area contributed by atoms with Gasteiger partial charge in [0.05, 0.1) is 24.3 Å². The second kappa shape index (κ2) is 5.53. The molecule has 4 aliphatic rings. The third-order valence-corrected chi connectivity index (χ3v) is 7.63. The van der Waals surface area contributed by atoms with E-state index in [9.17, 15) is 9.59 Å². The van der Waals surface area contributed by atoms with E-state index in [1.54, 1.807) is 0 Å². The number of hydrogen-bond donors (Lipinski definition) is 0. The van der Waals surface area contributed by atoms with E-state index < -0.39 is 0 Å². The Hall–Kier alpha value is -1.94. The number of rotatable bonds is 4. The van der Waals surface area contributed by atoms with Crippen LogP contribution in [-0.2, 0) is 9.59 Å². The van der Waals surface area contributed by atoms with Gasteiger partial charge in [0, 0.05) is 22.8 Å². The van der Waals surface area contributed by atoms with Crippen molar-refractivity contribution in [2.75, 3.05) is 0 Å². The minimum absolute atomic E-state index is 0.0360. The third kappa shape index (κ3) is 2.11. The van der Waals surface area contributed by atoms with Crippen molar-refractivity contribution in [2.24, 2.45) is 10.8 Å². The van der Waals surface area contributed by atoms with E-state index in [-0.39, 0.29) is 22.1 Å². The summed E-state index contributed by atoms with van der Waals surface area (Å²) in [7, 11) is 0. The second-order valence-electron chi connectivity index (χ2n) is 8.25. The lowest BCUT2D eigenvalue weighted by Gasteiger charge is -2.51. The minimum atomic E-state index is -0.360. The fourth-order valence-electron chi connectivity index (χ4n) is 5.43. The maximum absolute atomic E-state index is 13.4. The Balaban J connectivity index is 1.42. The Kier molecular flexibility index (Phi) is 3.45. The fourth-order valence-corrected chi connectivity index (χ4v) is 5.71. The first kappa shape index (κ1) is 16.2. The molecule has 1 aliphatic heterocycles. The number of fused-ring (bicyclic) bond motifs is 6. The van der Waals surface area contributed by atoms with Crippen molar-refractivity contribution in [2.45, 2.75) is 51.0 Å². The molecule has 3 fully saturated rings. The van der Waals surface area contributed by atoms with Gasteiger partial charge in [-0.1, -0.05) is 24.3 Å². The molecule has 1 unspecified atom stereocenters. The van der Waals surface area contributed by atoms with Gasteiger partial charge in [-0.3, -0.25) is 9.59 Å². The number of carbonyl (C=O) groups is 2. The summed E-state index contributed by atoms with van der Waals surface area (Å²) < 4.78 is 2.14. The Morgan fingerprint density at radius 1 is 1.08 bits per heavy atom. The molecule has 2 bridgehead atoms. The number of Topliss-reactive ketones (excluding diaryl/α,β-unsaturated/α-hetero) is 1. The molecular weight excluding hydrogens is 348 g/mol. The molecule has 0 saturated heterocycles. The molecule has 4 nitrogen and oxygen atoms in total. The fraction of sp³-hybridized carbons (Fsp3) is 0.476. The third-order valence-electron chi connectivity index (χ3n) is 7.23. The number of hydrogen-bond acceptors (Lipinski definition) is 3. The maximum Gasteiger partial charge on any atom is 0.227 e. The molecule has 3 saturated carbocycles. The first-order valence-electron chi connectivity index (χ1n) is 9.39. The first-order valence-corrected chi connectivity index (χ1v) is 9.77. The van der Waals surface area contributed by atoms with E-state index in [0.29, 0.717) is 12.2 Å². The minimum Gasteiger partial charge on any atom is -0.323 e. The van der Waals surface area contributed by atoms with Crippen LogP contribution in [0.4, 0.5) is 0 Å². The molecule has 1 aromatic heterocycles. The zero-order valence-corrected chi connectivity index (χ0v) is 15.3. The smallest absolute Gasteiger partial charge is 0.227 e. The average molecular weight is 369 g/mol. The number of benzene rings is 1. The van der Waals surface area contributed by atoms with Gasteiger partial charge in [0.1, 0.15) is 5.78 Å². The van der Waals surface area contributed by atoms with Crippen molar-refractivity contribution in [3.05, 3.63) is 42.4 Å². The second-order valence-corrected chi connectivity index (χ2v) is 8.59. The number of nitrogens with zero attached hydrogens (tertiary/aromatic N) is 2. The highest BCUT2D eigenvalue weighted by molar-refractivity contribution is 6.64. The van der Waals surface area contributed by atoms with Gasteiger partial charge in [-0.2, -0.15) is 0 Å². The normalized spacial score (nSPS) is 31.5. The summed E-state index contributed by atoms with van der Waals surface area (Å²) in [5.41, 5.74) is 2.87. The summed E-state index contributed by atoms with van der Waals surface area (Å²) in [5, 5.41) is -0.203. The monoisotopic (exact) mass is 368 g/mol. The van der Waals surface area contributed by atoms with Crippen LogP contribution in [0.25, 0.3) is 11.3 Å². The van der Waals surface area contributed by atoms with Crippen LogP contribution in [-0.4, -0.2) is 20.6 Å². The highest BCUT2D eigenvalue weighted by Crippen LogP contribution is 2.59. The van der Waals surface area contributed by atoms with Crippen LogP contribution < -0.4 is 0 Å². The molecule has 5 heteroatoms. The molecule has 1 aromatic carbocycles. The predicted octanol–water partition coefficient (Wildman–Crippen LogP) is 4.52. The van der Waals surface area contributed by atoms with Crippen molar-refractivity contribution in [1.29, 1.82) is 0 Å². The molecule has 134 valence electrons. The van der Waals surface area contributed by atoms with E-state index in [4.69, 9.17) is 11.6 Å². The van der Waals surface area contributed by atoms with Crippen LogP contribution in [0, 0.1) is 10.8 Å². The number of halogens is 1. The van der Waals surface area contributed by atoms with E-state index in [1.807, 2.05) is 24.7 Å². The van der Waals surface area contributed by atoms with Gasteiger partial charge >= 0.3 is 0 Å². The van der Waals surface area contributed by atoms with Gasteiger partial charge in [-0.15, -0.1) is 0 Å². The van der Waals surface area contributed by atoms with Crippen molar-refractivity contribution in [1.82, 2.24) is 9.55 Å². The Morgan fingerprint density at radius 2 is 1.73 bits per heavy atom. The van der Waals surface area contributed by atoms with E-state index in [0.717, 1.165) is 44.2 Å². The van der Waals surface area contributed by atoms with Gasteiger partial charge in [0.15, 0.2) is 0 Å². The van der Waals surface area contributed by atoms with Crippen LogP contribution in [0.5, 0.6) is 0 Å². The standard InChI is InChI=1S/C21H21ClN2O2/c22-19(26)21-8-5-20(6-9-21,7-10-21)18(25)11-16-14-3-1-2-4-15(14)17-12-23-13-24(16)17/h1-4,12-13,16H,5-11H2. The zero-order valence-electron chi connectivity index (χ0n) is 14.6. The van der Waals surface area contributed by atoms with Crippen LogP contribution in [0.3, 0.4) is 0 Å². The summed E-state index contributed by atoms with van der Waals surface area (Å²) in [4.78, 5) is 29.5.